The average molecular weight is 379 g/mol. The zero-order valence-electron chi connectivity index (χ0n) is 17.7. The van der Waals surface area contributed by atoms with Gasteiger partial charge < -0.3 is 14.5 Å². The normalized spacial score (nSPS) is 16.7. The summed E-state index contributed by atoms with van der Waals surface area (Å²) < 4.78 is 12.3. The predicted molar refractivity (Wildman–Crippen MR) is 115 cm³/mol. The number of nitrogens with one attached hydrogen (secondary N) is 1. The van der Waals surface area contributed by atoms with Crippen molar-refractivity contribution in [3.63, 3.8) is 0 Å². The Morgan fingerprint density at radius 2 is 1.68 bits per heavy atom. The monoisotopic (exact) mass is 378 g/mol. The number of anilines is 1. The quantitative estimate of drug-likeness (QED) is 0.545. The average Bonchev–Trinajstić information content (AvgIpc) is 3.28. The Morgan fingerprint density at radius 3 is 2.29 bits per heavy atom. The van der Waals surface area contributed by atoms with Gasteiger partial charge in [-0.05, 0) is 36.0 Å². The molecule has 148 valence electrons. The molecular formula is C24H30N2O2. The second-order valence-electron chi connectivity index (χ2n) is 9.17. The van der Waals surface area contributed by atoms with E-state index in [0.29, 0.717) is 5.89 Å². The van der Waals surface area contributed by atoms with Crippen LogP contribution < -0.4 is 10.1 Å². The molecule has 4 rings (SSSR count). The maximum Gasteiger partial charge on any atom is 0.227 e. The van der Waals surface area contributed by atoms with E-state index >= 15 is 0 Å². The summed E-state index contributed by atoms with van der Waals surface area (Å²) in [5.41, 5.74) is 5.09. The van der Waals surface area contributed by atoms with E-state index in [1.54, 1.807) is 0 Å². The largest absolute Gasteiger partial charge is 0.468 e. The summed E-state index contributed by atoms with van der Waals surface area (Å²) in [6, 6.07) is 12.5. The zero-order chi connectivity index (χ0) is 20.1. The van der Waals surface area contributed by atoms with Crippen LogP contribution in [0.3, 0.4) is 0 Å². The highest BCUT2D eigenvalue weighted by molar-refractivity contribution is 5.84. The van der Waals surface area contributed by atoms with E-state index in [0.717, 1.165) is 40.9 Å². The van der Waals surface area contributed by atoms with E-state index in [4.69, 9.17) is 14.1 Å². The van der Waals surface area contributed by atoms with E-state index in [9.17, 15) is 0 Å². The second-order valence-corrected chi connectivity index (χ2v) is 9.17. The molecule has 0 aliphatic carbocycles. The van der Waals surface area contributed by atoms with E-state index in [1.165, 1.54) is 5.56 Å². The lowest BCUT2D eigenvalue weighted by Gasteiger charge is -2.32. The second kappa shape index (κ2) is 6.54. The molecule has 1 aliphatic heterocycles. The molecule has 2 aromatic carbocycles. The van der Waals surface area contributed by atoms with Crippen molar-refractivity contribution < 1.29 is 9.15 Å². The predicted octanol–water partition coefficient (Wildman–Crippen LogP) is 6.75. The molecule has 0 spiro atoms. The number of hydrogen-bond acceptors (Lipinski definition) is 4. The summed E-state index contributed by atoms with van der Waals surface area (Å²) in [4.78, 5) is 4.71. The Kier molecular flexibility index (Phi) is 4.40. The highest BCUT2D eigenvalue weighted by Crippen LogP contribution is 2.43. The minimum atomic E-state index is -0.0200. The minimum absolute atomic E-state index is 0.0200. The third-order valence-corrected chi connectivity index (χ3v) is 6.27. The van der Waals surface area contributed by atoms with Crippen LogP contribution in [0.25, 0.3) is 22.6 Å². The Bertz CT molecular complexity index is 949. The van der Waals surface area contributed by atoms with E-state index < -0.39 is 0 Å². The van der Waals surface area contributed by atoms with Gasteiger partial charge in [0.1, 0.15) is 11.3 Å². The van der Waals surface area contributed by atoms with E-state index in [1.807, 2.05) is 12.1 Å². The van der Waals surface area contributed by atoms with Crippen molar-refractivity contribution in [2.45, 2.75) is 66.0 Å². The number of oxazole rings is 1. The molecule has 1 aliphatic rings. The van der Waals surface area contributed by atoms with Gasteiger partial charge in [-0.3, -0.25) is 0 Å². The molecule has 0 radical (unpaired) electrons. The van der Waals surface area contributed by atoms with Gasteiger partial charge >= 0.3 is 0 Å². The van der Waals surface area contributed by atoms with Crippen LogP contribution in [0.4, 0.5) is 5.69 Å². The maximum atomic E-state index is 6.24. The van der Waals surface area contributed by atoms with Gasteiger partial charge in [0.25, 0.3) is 0 Å². The zero-order valence-corrected chi connectivity index (χ0v) is 17.7. The van der Waals surface area contributed by atoms with Crippen molar-refractivity contribution in [1.82, 2.24) is 4.98 Å². The summed E-state index contributed by atoms with van der Waals surface area (Å²) in [5.74, 6) is 1.50. The molecule has 4 nitrogen and oxygen atoms in total. The number of nitrogens with zero attached hydrogens (tertiary/aromatic N) is 1. The standard InChI is InChI=1S/C24H30N2O2/c1-7-24(6,8-2)22-26-18-14-19-17(13-20(18)28-22)25-21(27-19)15-9-11-16(12-10-15)23(3,4)5/h9-14,22,26H,7-8H2,1-6H3. The van der Waals surface area contributed by atoms with Gasteiger partial charge in [-0.15, -0.1) is 0 Å². The summed E-state index contributed by atoms with van der Waals surface area (Å²) in [6.07, 6.45) is 2.09. The Balaban J connectivity index is 1.63. The number of aromatic nitrogens is 1. The van der Waals surface area contributed by atoms with Gasteiger partial charge in [0, 0.05) is 23.1 Å². The van der Waals surface area contributed by atoms with Crippen LogP contribution in [-0.2, 0) is 5.41 Å². The fourth-order valence-electron chi connectivity index (χ4n) is 3.64. The molecule has 1 N–H and O–H groups in total. The maximum absolute atomic E-state index is 6.24. The summed E-state index contributed by atoms with van der Waals surface area (Å²) >= 11 is 0. The van der Waals surface area contributed by atoms with Crippen LogP contribution >= 0.6 is 0 Å². The van der Waals surface area contributed by atoms with Crippen molar-refractivity contribution >= 4 is 16.8 Å². The SMILES string of the molecule is CCC(C)(CC)C1Nc2cc3oc(-c4ccc(C(C)(C)C)cc4)nc3cc2O1. The molecule has 0 saturated heterocycles. The van der Waals surface area contributed by atoms with Crippen molar-refractivity contribution in [3.05, 3.63) is 42.0 Å². The van der Waals surface area contributed by atoms with Crippen LogP contribution in [0.15, 0.2) is 40.8 Å². The summed E-state index contributed by atoms with van der Waals surface area (Å²) in [6.45, 7) is 13.3. The van der Waals surface area contributed by atoms with Crippen molar-refractivity contribution in [2.75, 3.05) is 5.32 Å². The highest BCUT2D eigenvalue weighted by atomic mass is 16.5. The van der Waals surface area contributed by atoms with Crippen molar-refractivity contribution in [3.8, 4) is 17.2 Å². The van der Waals surface area contributed by atoms with Crippen LogP contribution in [0.1, 0.15) is 59.9 Å². The van der Waals surface area contributed by atoms with Gasteiger partial charge in [-0.1, -0.05) is 53.7 Å². The summed E-state index contributed by atoms with van der Waals surface area (Å²) in [5, 5.41) is 3.53. The molecule has 0 saturated carbocycles. The molecule has 3 aromatic rings. The fraction of sp³-hybridized carbons (Fsp3) is 0.458. The molecule has 1 aromatic heterocycles. The lowest BCUT2D eigenvalue weighted by atomic mass is 9.83. The number of benzene rings is 2. The van der Waals surface area contributed by atoms with Gasteiger partial charge in [-0.2, -0.15) is 0 Å². The first kappa shape index (κ1) is 18.9. The first-order valence-electron chi connectivity index (χ1n) is 10.2. The first-order chi connectivity index (χ1) is 13.2. The molecule has 0 bridgehead atoms. The third-order valence-electron chi connectivity index (χ3n) is 6.27. The Hall–Kier alpha value is -2.49. The highest BCUT2D eigenvalue weighted by Gasteiger charge is 2.37. The van der Waals surface area contributed by atoms with Gasteiger partial charge in [0.15, 0.2) is 11.8 Å². The Labute approximate surface area is 167 Å². The minimum Gasteiger partial charge on any atom is -0.468 e. The molecule has 1 atom stereocenters. The van der Waals surface area contributed by atoms with Gasteiger partial charge in [-0.25, -0.2) is 4.98 Å². The smallest absolute Gasteiger partial charge is 0.227 e. The Morgan fingerprint density at radius 1 is 1.00 bits per heavy atom. The third kappa shape index (κ3) is 3.15. The van der Waals surface area contributed by atoms with Crippen LogP contribution in [0.2, 0.25) is 0 Å². The molecule has 1 unspecified atom stereocenters. The summed E-state index contributed by atoms with van der Waals surface area (Å²) in [7, 11) is 0. The molecule has 4 heteroatoms. The molecule has 28 heavy (non-hydrogen) atoms. The number of hydrogen-bond donors (Lipinski definition) is 1. The first-order valence-corrected chi connectivity index (χ1v) is 10.2. The van der Waals surface area contributed by atoms with Crippen LogP contribution in [-0.4, -0.2) is 11.2 Å². The van der Waals surface area contributed by atoms with Crippen LogP contribution in [0, 0.1) is 5.41 Å². The lowest BCUT2D eigenvalue weighted by Crippen LogP contribution is -2.39. The number of fused-ring (bicyclic) bond motifs is 2. The number of ether oxygens (including phenoxy) is 1. The topological polar surface area (TPSA) is 47.3 Å². The van der Waals surface area contributed by atoms with Crippen molar-refractivity contribution in [1.29, 1.82) is 0 Å². The fourth-order valence-corrected chi connectivity index (χ4v) is 3.64. The molecule has 0 amide bonds. The molecule has 0 fully saturated rings. The van der Waals surface area contributed by atoms with Crippen molar-refractivity contribution in [2.24, 2.45) is 5.41 Å². The van der Waals surface area contributed by atoms with Gasteiger partial charge in [0.2, 0.25) is 5.89 Å². The van der Waals surface area contributed by atoms with E-state index in [-0.39, 0.29) is 17.1 Å². The molecular weight excluding hydrogens is 348 g/mol. The lowest BCUT2D eigenvalue weighted by molar-refractivity contribution is 0.0878. The van der Waals surface area contributed by atoms with Gasteiger partial charge in [0.05, 0.1) is 5.69 Å². The number of rotatable bonds is 4. The van der Waals surface area contributed by atoms with Crippen LogP contribution in [0.5, 0.6) is 5.75 Å². The van der Waals surface area contributed by atoms with E-state index in [2.05, 4.69) is 71.1 Å². The molecule has 2 heterocycles.